The van der Waals surface area contributed by atoms with Crippen molar-refractivity contribution in [1.82, 2.24) is 0 Å². The molecule has 0 aliphatic heterocycles. The quantitative estimate of drug-likeness (QED) is 0.555. The van der Waals surface area contributed by atoms with Gasteiger partial charge in [-0.2, -0.15) is 0 Å². The van der Waals surface area contributed by atoms with Gasteiger partial charge in [0.2, 0.25) is 0 Å². The van der Waals surface area contributed by atoms with Gasteiger partial charge in [0.05, 0.1) is 0 Å². The smallest absolute Gasteiger partial charge is 0.131 e. The molecule has 0 aliphatic carbocycles. The number of hydrogen-bond acceptors (Lipinski definition) is 1. The number of fused-ring (bicyclic) bond motifs is 1. The van der Waals surface area contributed by atoms with Crippen molar-refractivity contribution in [2.75, 3.05) is 0 Å². The van der Waals surface area contributed by atoms with E-state index in [1.54, 1.807) is 12.1 Å². The van der Waals surface area contributed by atoms with Crippen molar-refractivity contribution in [3.63, 3.8) is 0 Å². The average Bonchev–Trinajstić information content (AvgIpc) is 2.46. The molecule has 21 heavy (non-hydrogen) atoms. The molecule has 0 aliphatic rings. The number of hydrogen-bond donors (Lipinski definition) is 0. The average molecular weight is 366 g/mol. The van der Waals surface area contributed by atoms with Crippen LogP contribution in [0.25, 0.3) is 10.8 Å². The van der Waals surface area contributed by atoms with Crippen LogP contribution in [0.15, 0.2) is 59.1 Å². The van der Waals surface area contributed by atoms with Crippen LogP contribution >= 0.6 is 27.5 Å². The third-order valence-corrected chi connectivity index (χ3v) is 3.91. The molecule has 4 heteroatoms. The second-order valence-corrected chi connectivity index (χ2v) is 6.03. The molecule has 0 bridgehead atoms. The Bertz CT molecular complexity index is 804. The summed E-state index contributed by atoms with van der Waals surface area (Å²) >= 11 is 9.17. The van der Waals surface area contributed by atoms with E-state index < -0.39 is 0 Å². The summed E-state index contributed by atoms with van der Waals surface area (Å²) in [6.45, 7) is 0.172. The first kappa shape index (κ1) is 14.4. The molecule has 0 amide bonds. The number of halogens is 3. The van der Waals surface area contributed by atoms with Gasteiger partial charge >= 0.3 is 0 Å². The van der Waals surface area contributed by atoms with Gasteiger partial charge in [-0.15, -0.1) is 0 Å². The zero-order chi connectivity index (χ0) is 14.8. The Morgan fingerprint density at radius 1 is 0.952 bits per heavy atom. The van der Waals surface area contributed by atoms with Gasteiger partial charge in [0.1, 0.15) is 18.2 Å². The minimum Gasteiger partial charge on any atom is -0.489 e. The molecule has 3 aromatic rings. The second kappa shape index (κ2) is 6.04. The fourth-order valence-corrected chi connectivity index (χ4v) is 2.62. The number of ether oxygens (including phenoxy) is 1. The number of benzene rings is 3. The fraction of sp³-hybridized carbons (Fsp3) is 0.0588. The highest BCUT2D eigenvalue weighted by molar-refractivity contribution is 9.10. The third-order valence-electron chi connectivity index (χ3n) is 3.18. The summed E-state index contributed by atoms with van der Waals surface area (Å²) in [5.74, 6) is 0.353. The van der Waals surface area contributed by atoms with Crippen LogP contribution in [0.2, 0.25) is 5.02 Å². The van der Waals surface area contributed by atoms with Crippen molar-refractivity contribution < 1.29 is 9.13 Å². The van der Waals surface area contributed by atoms with Gasteiger partial charge in [0.15, 0.2) is 0 Å². The molecule has 3 aromatic carbocycles. The highest BCUT2D eigenvalue weighted by atomic mass is 79.9. The van der Waals surface area contributed by atoms with Crippen LogP contribution in [-0.4, -0.2) is 0 Å². The van der Waals surface area contributed by atoms with E-state index in [1.807, 2.05) is 36.4 Å². The molecule has 0 saturated heterocycles. The molecule has 0 N–H and O–H groups in total. The lowest BCUT2D eigenvalue weighted by Crippen LogP contribution is -1.98. The molecule has 0 spiro atoms. The van der Waals surface area contributed by atoms with E-state index in [9.17, 15) is 4.39 Å². The highest BCUT2D eigenvalue weighted by Crippen LogP contribution is 2.25. The maximum absolute atomic E-state index is 13.7. The van der Waals surface area contributed by atoms with Gasteiger partial charge in [-0.3, -0.25) is 0 Å². The minimum absolute atomic E-state index is 0.172. The van der Waals surface area contributed by atoms with Crippen molar-refractivity contribution in [2.45, 2.75) is 6.61 Å². The van der Waals surface area contributed by atoms with Crippen LogP contribution in [0.4, 0.5) is 4.39 Å². The third kappa shape index (κ3) is 3.36. The maximum atomic E-state index is 13.7. The van der Waals surface area contributed by atoms with Crippen molar-refractivity contribution in [2.24, 2.45) is 0 Å². The van der Waals surface area contributed by atoms with Gasteiger partial charge in [-0.05, 0) is 47.2 Å². The van der Waals surface area contributed by atoms with E-state index in [-0.39, 0.29) is 12.4 Å². The largest absolute Gasteiger partial charge is 0.489 e. The molecule has 0 saturated carbocycles. The first-order chi connectivity index (χ1) is 10.1. The van der Waals surface area contributed by atoms with Crippen molar-refractivity contribution in [3.8, 4) is 5.75 Å². The van der Waals surface area contributed by atoms with Gasteiger partial charge in [-0.25, -0.2) is 4.39 Å². The summed E-state index contributed by atoms with van der Waals surface area (Å²) in [7, 11) is 0. The Labute approximate surface area is 135 Å². The molecular formula is C17H11BrClFO. The van der Waals surface area contributed by atoms with Crippen LogP contribution in [0.5, 0.6) is 5.75 Å². The Hall–Kier alpha value is -1.58. The van der Waals surface area contributed by atoms with Crippen molar-refractivity contribution in [3.05, 3.63) is 75.5 Å². The SMILES string of the molecule is Fc1cc(Cl)ccc1COc1ccc2cc(Br)ccc2c1. The molecule has 3 rings (SSSR count). The van der Waals surface area contributed by atoms with Crippen LogP contribution in [0, 0.1) is 5.82 Å². The summed E-state index contributed by atoms with van der Waals surface area (Å²) in [4.78, 5) is 0. The molecule has 1 nitrogen and oxygen atoms in total. The fourth-order valence-electron chi connectivity index (χ4n) is 2.08. The Morgan fingerprint density at radius 3 is 2.52 bits per heavy atom. The van der Waals surface area contributed by atoms with Crippen LogP contribution in [-0.2, 0) is 6.61 Å². The molecule has 0 unspecified atom stereocenters. The summed E-state index contributed by atoms with van der Waals surface area (Å²) in [5.41, 5.74) is 0.482. The Morgan fingerprint density at radius 2 is 1.71 bits per heavy atom. The first-order valence-corrected chi connectivity index (χ1v) is 7.55. The molecule has 0 atom stereocenters. The van der Waals surface area contributed by atoms with E-state index in [0.29, 0.717) is 16.3 Å². The maximum Gasteiger partial charge on any atom is 0.131 e. The van der Waals surface area contributed by atoms with E-state index in [1.165, 1.54) is 6.07 Å². The standard InChI is InChI=1S/C17H11BrClFO/c18-14-4-1-12-8-16(6-3-11(12)7-14)21-10-13-2-5-15(19)9-17(13)20/h1-9H,10H2. The van der Waals surface area contributed by atoms with Gasteiger partial charge in [0.25, 0.3) is 0 Å². The highest BCUT2D eigenvalue weighted by Gasteiger charge is 2.04. The zero-order valence-corrected chi connectivity index (χ0v) is 13.3. The lowest BCUT2D eigenvalue weighted by atomic mass is 10.1. The van der Waals surface area contributed by atoms with Crippen LogP contribution < -0.4 is 4.74 Å². The van der Waals surface area contributed by atoms with E-state index in [4.69, 9.17) is 16.3 Å². The normalized spacial score (nSPS) is 10.8. The second-order valence-electron chi connectivity index (χ2n) is 4.68. The van der Waals surface area contributed by atoms with E-state index >= 15 is 0 Å². The van der Waals surface area contributed by atoms with Gasteiger partial charge in [-0.1, -0.05) is 45.7 Å². The van der Waals surface area contributed by atoms with Crippen LogP contribution in [0.3, 0.4) is 0 Å². The molecule has 0 fully saturated rings. The van der Waals surface area contributed by atoms with Gasteiger partial charge in [0, 0.05) is 15.1 Å². The molecule has 106 valence electrons. The summed E-state index contributed by atoms with van der Waals surface area (Å²) in [5, 5.41) is 2.58. The Balaban J connectivity index is 1.80. The summed E-state index contributed by atoms with van der Waals surface area (Å²) < 4.78 is 20.4. The minimum atomic E-state index is -0.354. The Kier molecular flexibility index (Phi) is 4.13. The molecule has 0 heterocycles. The zero-order valence-electron chi connectivity index (χ0n) is 10.9. The lowest BCUT2D eigenvalue weighted by molar-refractivity contribution is 0.300. The molecule has 0 aromatic heterocycles. The van der Waals surface area contributed by atoms with Crippen LogP contribution in [0.1, 0.15) is 5.56 Å². The predicted molar refractivity (Wildman–Crippen MR) is 87.4 cm³/mol. The summed E-state index contributed by atoms with van der Waals surface area (Å²) in [6, 6.07) is 16.4. The topological polar surface area (TPSA) is 9.23 Å². The summed E-state index contributed by atoms with van der Waals surface area (Å²) in [6.07, 6.45) is 0. The monoisotopic (exact) mass is 364 g/mol. The predicted octanol–water partition coefficient (Wildman–Crippen LogP) is 5.97. The lowest BCUT2D eigenvalue weighted by Gasteiger charge is -2.08. The first-order valence-electron chi connectivity index (χ1n) is 6.38. The molecule has 0 radical (unpaired) electrons. The van der Waals surface area contributed by atoms with E-state index in [0.717, 1.165) is 15.2 Å². The van der Waals surface area contributed by atoms with Crippen molar-refractivity contribution in [1.29, 1.82) is 0 Å². The van der Waals surface area contributed by atoms with Crippen molar-refractivity contribution >= 4 is 38.3 Å². The van der Waals surface area contributed by atoms with E-state index in [2.05, 4.69) is 15.9 Å². The number of rotatable bonds is 3. The molecular weight excluding hydrogens is 355 g/mol. The van der Waals surface area contributed by atoms with Gasteiger partial charge < -0.3 is 4.74 Å².